The first kappa shape index (κ1) is 19.9. The second-order valence-electron chi connectivity index (χ2n) is 7.01. The Morgan fingerprint density at radius 1 is 1.03 bits per heavy atom. The Labute approximate surface area is 179 Å². The maximum atomic E-state index is 12.7. The molecule has 4 aromatic rings. The first-order valence-electron chi connectivity index (χ1n) is 9.63. The fourth-order valence-electron chi connectivity index (χ4n) is 3.15. The minimum absolute atomic E-state index is 0.263. The van der Waals surface area contributed by atoms with Gasteiger partial charge in [-0.15, -0.1) is 10.2 Å². The van der Waals surface area contributed by atoms with Crippen molar-refractivity contribution in [1.82, 2.24) is 15.0 Å². The van der Waals surface area contributed by atoms with Crippen molar-refractivity contribution in [3.8, 4) is 11.4 Å². The van der Waals surface area contributed by atoms with Gasteiger partial charge in [0.05, 0.1) is 22.9 Å². The summed E-state index contributed by atoms with van der Waals surface area (Å²) in [4.78, 5) is 14.3. The number of halogens is 1. The van der Waals surface area contributed by atoms with Gasteiger partial charge in [0.1, 0.15) is 16.8 Å². The lowest BCUT2D eigenvalue weighted by Crippen LogP contribution is -2.13. The zero-order chi connectivity index (χ0) is 21.3. The predicted octanol–water partition coefficient (Wildman–Crippen LogP) is 5.34. The summed E-state index contributed by atoms with van der Waals surface area (Å²) in [5, 5.41) is 12.5. The van der Waals surface area contributed by atoms with Gasteiger partial charge >= 0.3 is 0 Å². The number of hydrogen-bond donors (Lipinski definition) is 1. The molecule has 0 aliphatic carbocycles. The van der Waals surface area contributed by atoms with E-state index in [1.807, 2.05) is 63.2 Å². The van der Waals surface area contributed by atoms with Gasteiger partial charge in [-0.1, -0.05) is 17.7 Å². The summed E-state index contributed by atoms with van der Waals surface area (Å²) in [6.07, 6.45) is 0. The molecule has 3 aromatic carbocycles. The topological polar surface area (TPSA) is 69.0 Å². The highest BCUT2D eigenvalue weighted by molar-refractivity contribution is 6.34. The molecule has 0 radical (unpaired) electrons. The molecule has 0 bridgehead atoms. The quantitative estimate of drug-likeness (QED) is 0.473. The van der Waals surface area contributed by atoms with Crippen molar-refractivity contribution >= 4 is 34.2 Å². The standard InChI is InChI=1S/C23H21ClN4O2/c1-4-30-17-8-6-16(7-9-17)28-26-21-12-15(3)20(13-22(21)27-28)25-23(29)18-10-5-14(2)11-19(18)24/h5-13H,4H2,1-3H3,(H,25,29). The molecule has 7 heteroatoms. The molecule has 0 unspecified atom stereocenters. The first-order valence-corrected chi connectivity index (χ1v) is 10.0. The summed E-state index contributed by atoms with van der Waals surface area (Å²) >= 11 is 6.23. The van der Waals surface area contributed by atoms with Crippen LogP contribution in [0.4, 0.5) is 5.69 Å². The van der Waals surface area contributed by atoms with Gasteiger partial charge in [0.2, 0.25) is 0 Å². The predicted molar refractivity (Wildman–Crippen MR) is 119 cm³/mol. The van der Waals surface area contributed by atoms with Crippen LogP contribution in [0.1, 0.15) is 28.4 Å². The summed E-state index contributed by atoms with van der Waals surface area (Å²) in [5.41, 5.74) is 5.23. The number of nitrogens with zero attached hydrogens (tertiary/aromatic N) is 3. The Morgan fingerprint density at radius 3 is 2.40 bits per heavy atom. The number of benzene rings is 3. The summed E-state index contributed by atoms with van der Waals surface area (Å²) in [6, 6.07) is 16.7. The molecule has 1 N–H and O–H groups in total. The highest BCUT2D eigenvalue weighted by atomic mass is 35.5. The monoisotopic (exact) mass is 420 g/mol. The lowest BCUT2D eigenvalue weighted by atomic mass is 10.1. The average Bonchev–Trinajstić information content (AvgIpc) is 3.11. The van der Waals surface area contributed by atoms with E-state index in [0.717, 1.165) is 28.1 Å². The third kappa shape index (κ3) is 4.00. The van der Waals surface area contributed by atoms with Crippen molar-refractivity contribution < 1.29 is 9.53 Å². The number of aryl methyl sites for hydroxylation is 2. The Hall–Kier alpha value is -3.38. The fourth-order valence-corrected chi connectivity index (χ4v) is 3.48. The number of carbonyl (C=O) groups is 1. The summed E-state index contributed by atoms with van der Waals surface area (Å²) in [7, 11) is 0. The Bertz CT molecular complexity index is 1230. The van der Waals surface area contributed by atoms with Crippen molar-refractivity contribution in [3.63, 3.8) is 0 Å². The Balaban J connectivity index is 1.62. The molecule has 0 spiro atoms. The van der Waals surface area contributed by atoms with Crippen LogP contribution in [0.5, 0.6) is 5.75 Å². The van der Waals surface area contributed by atoms with E-state index in [1.54, 1.807) is 16.9 Å². The lowest BCUT2D eigenvalue weighted by Gasteiger charge is -2.09. The highest BCUT2D eigenvalue weighted by Gasteiger charge is 2.14. The van der Waals surface area contributed by atoms with E-state index < -0.39 is 0 Å². The normalized spacial score (nSPS) is 10.9. The van der Waals surface area contributed by atoms with Gasteiger partial charge in [0.25, 0.3) is 5.91 Å². The number of rotatable bonds is 5. The third-order valence-corrected chi connectivity index (χ3v) is 5.04. The van der Waals surface area contributed by atoms with E-state index >= 15 is 0 Å². The molecule has 0 aliphatic heterocycles. The summed E-state index contributed by atoms with van der Waals surface area (Å²) < 4.78 is 5.48. The number of fused-ring (bicyclic) bond motifs is 1. The molecule has 0 aliphatic rings. The zero-order valence-electron chi connectivity index (χ0n) is 16.9. The average molecular weight is 421 g/mol. The molecule has 1 amide bonds. The minimum atomic E-state index is -0.263. The van der Waals surface area contributed by atoms with Crippen molar-refractivity contribution in [2.24, 2.45) is 0 Å². The van der Waals surface area contributed by atoms with E-state index in [2.05, 4.69) is 15.5 Å². The Kier molecular flexibility index (Phi) is 5.42. The summed E-state index contributed by atoms with van der Waals surface area (Å²) in [5.74, 6) is 0.537. The van der Waals surface area contributed by atoms with Crippen LogP contribution in [0.3, 0.4) is 0 Å². The maximum Gasteiger partial charge on any atom is 0.257 e. The van der Waals surface area contributed by atoms with Crippen molar-refractivity contribution in [3.05, 3.63) is 76.3 Å². The number of anilines is 1. The van der Waals surface area contributed by atoms with E-state index in [1.165, 1.54) is 0 Å². The summed E-state index contributed by atoms with van der Waals surface area (Å²) in [6.45, 7) is 6.41. The highest BCUT2D eigenvalue weighted by Crippen LogP contribution is 2.25. The molecule has 6 nitrogen and oxygen atoms in total. The van der Waals surface area contributed by atoms with Gasteiger partial charge in [-0.2, -0.15) is 4.80 Å². The third-order valence-electron chi connectivity index (χ3n) is 4.72. The first-order chi connectivity index (χ1) is 14.4. The number of nitrogens with one attached hydrogen (secondary N) is 1. The molecular formula is C23H21ClN4O2. The van der Waals surface area contributed by atoms with Gasteiger partial charge in [-0.05, 0) is 80.4 Å². The lowest BCUT2D eigenvalue weighted by molar-refractivity contribution is 0.102. The number of hydrogen-bond acceptors (Lipinski definition) is 4. The van der Waals surface area contributed by atoms with Crippen molar-refractivity contribution in [2.45, 2.75) is 20.8 Å². The molecule has 0 saturated carbocycles. The largest absolute Gasteiger partial charge is 0.494 e. The molecule has 0 atom stereocenters. The van der Waals surface area contributed by atoms with Gasteiger partial charge in [-0.25, -0.2) is 0 Å². The van der Waals surface area contributed by atoms with Crippen molar-refractivity contribution in [2.75, 3.05) is 11.9 Å². The molecule has 1 heterocycles. The van der Waals surface area contributed by atoms with Crippen LogP contribution >= 0.6 is 11.6 Å². The number of ether oxygens (including phenoxy) is 1. The molecule has 30 heavy (non-hydrogen) atoms. The van der Waals surface area contributed by atoms with Gasteiger partial charge in [0, 0.05) is 5.69 Å². The number of carbonyl (C=O) groups excluding carboxylic acids is 1. The van der Waals surface area contributed by atoms with E-state index in [0.29, 0.717) is 28.4 Å². The van der Waals surface area contributed by atoms with Crippen LogP contribution in [0.15, 0.2) is 54.6 Å². The van der Waals surface area contributed by atoms with Gasteiger partial charge in [0.15, 0.2) is 0 Å². The van der Waals surface area contributed by atoms with Gasteiger partial charge < -0.3 is 10.1 Å². The van der Waals surface area contributed by atoms with Crippen molar-refractivity contribution in [1.29, 1.82) is 0 Å². The number of amides is 1. The molecule has 4 rings (SSSR count). The van der Waals surface area contributed by atoms with E-state index in [4.69, 9.17) is 16.3 Å². The van der Waals surface area contributed by atoms with Gasteiger partial charge in [-0.3, -0.25) is 4.79 Å². The van der Waals surface area contributed by atoms with E-state index in [9.17, 15) is 4.79 Å². The second-order valence-corrected chi connectivity index (χ2v) is 7.42. The smallest absolute Gasteiger partial charge is 0.257 e. The minimum Gasteiger partial charge on any atom is -0.494 e. The van der Waals surface area contributed by atoms with Crippen LogP contribution < -0.4 is 10.1 Å². The van der Waals surface area contributed by atoms with Crippen LogP contribution in [0, 0.1) is 13.8 Å². The molecule has 0 saturated heterocycles. The van der Waals surface area contributed by atoms with Crippen LogP contribution in [0.2, 0.25) is 5.02 Å². The fraction of sp³-hybridized carbons (Fsp3) is 0.174. The SMILES string of the molecule is CCOc1ccc(-n2nc3cc(C)c(NC(=O)c4ccc(C)cc4Cl)cc3n2)cc1. The zero-order valence-corrected chi connectivity index (χ0v) is 17.7. The Morgan fingerprint density at radius 2 is 1.73 bits per heavy atom. The molecule has 152 valence electrons. The second kappa shape index (κ2) is 8.16. The maximum absolute atomic E-state index is 12.7. The molecular weight excluding hydrogens is 400 g/mol. The van der Waals surface area contributed by atoms with E-state index in [-0.39, 0.29) is 5.91 Å². The number of aromatic nitrogens is 3. The van der Waals surface area contributed by atoms with Crippen LogP contribution in [0.25, 0.3) is 16.7 Å². The van der Waals surface area contributed by atoms with Crippen LogP contribution in [-0.4, -0.2) is 27.5 Å². The van der Waals surface area contributed by atoms with Crippen LogP contribution in [-0.2, 0) is 0 Å². The molecule has 0 fully saturated rings. The molecule has 1 aromatic heterocycles.